The van der Waals surface area contributed by atoms with Gasteiger partial charge >= 0.3 is 0 Å². The van der Waals surface area contributed by atoms with Crippen LogP contribution in [0.15, 0.2) is 144 Å². The highest BCUT2D eigenvalue weighted by molar-refractivity contribution is 7.09. The first-order valence-electron chi connectivity index (χ1n) is 11.9. The molecule has 0 amide bonds. The van der Waals surface area contributed by atoms with Gasteiger partial charge in [-0.3, -0.25) is 5.01 Å². The normalized spacial score (nSPS) is 11.2. The molecule has 4 heteroatoms. The zero-order chi connectivity index (χ0) is 24.4. The fourth-order valence-electron chi connectivity index (χ4n) is 3.96. The average molecular weight is 486 g/mol. The summed E-state index contributed by atoms with van der Waals surface area (Å²) in [7, 11) is 0. The second-order valence-corrected chi connectivity index (χ2v) is 9.23. The Labute approximate surface area is 216 Å². The summed E-state index contributed by atoms with van der Waals surface area (Å²) in [4.78, 5) is 3.54. The van der Waals surface area contributed by atoms with Crippen molar-refractivity contribution in [3.05, 3.63) is 149 Å². The molecule has 0 aliphatic carbocycles. The predicted octanol–water partition coefficient (Wildman–Crippen LogP) is 8.92. The van der Waals surface area contributed by atoms with Crippen LogP contribution in [0.2, 0.25) is 0 Å². The smallest absolute Gasteiger partial charge is 0.0759 e. The van der Waals surface area contributed by atoms with E-state index >= 15 is 0 Å². The van der Waals surface area contributed by atoms with Gasteiger partial charge < -0.3 is 4.90 Å². The maximum absolute atomic E-state index is 4.73. The number of hydrazone groups is 1. The van der Waals surface area contributed by atoms with Crippen LogP contribution in [0, 0.1) is 0 Å². The third-order valence-electron chi connectivity index (χ3n) is 5.70. The van der Waals surface area contributed by atoms with Crippen molar-refractivity contribution in [3.63, 3.8) is 0 Å². The number of hydrogen-bond acceptors (Lipinski definition) is 4. The molecule has 4 aromatic carbocycles. The Morgan fingerprint density at radius 3 is 1.69 bits per heavy atom. The standard InChI is InChI=1S/C32H27N3S/c1-4-13-28(14-5-1)34(26-32-19-11-25-36-32)33-24-10-12-27-20-22-31(23-21-27)35(29-15-6-2-7-16-29)30-17-8-3-9-18-30/h1-25H,26H2. The number of allylic oxidation sites excluding steroid dienone is 1. The van der Waals surface area contributed by atoms with Crippen molar-refractivity contribution in [2.45, 2.75) is 6.54 Å². The van der Waals surface area contributed by atoms with Gasteiger partial charge in [0.2, 0.25) is 0 Å². The van der Waals surface area contributed by atoms with Crippen LogP contribution in [0.3, 0.4) is 0 Å². The predicted molar refractivity (Wildman–Crippen MR) is 156 cm³/mol. The molecule has 1 heterocycles. The van der Waals surface area contributed by atoms with Gasteiger partial charge in [0.25, 0.3) is 0 Å². The van der Waals surface area contributed by atoms with Crippen LogP contribution in [0.5, 0.6) is 0 Å². The topological polar surface area (TPSA) is 18.8 Å². The number of hydrogen-bond donors (Lipinski definition) is 0. The highest BCUT2D eigenvalue weighted by Gasteiger charge is 2.11. The lowest BCUT2D eigenvalue weighted by atomic mass is 10.1. The van der Waals surface area contributed by atoms with E-state index in [1.165, 1.54) is 4.88 Å². The molecule has 5 rings (SSSR count). The number of rotatable bonds is 9. The highest BCUT2D eigenvalue weighted by Crippen LogP contribution is 2.34. The number of para-hydroxylation sites is 3. The first-order valence-corrected chi connectivity index (χ1v) is 12.8. The summed E-state index contributed by atoms with van der Waals surface area (Å²) in [6.45, 7) is 0.746. The van der Waals surface area contributed by atoms with Crippen molar-refractivity contribution in [3.8, 4) is 0 Å². The Morgan fingerprint density at radius 1 is 0.583 bits per heavy atom. The molecule has 36 heavy (non-hydrogen) atoms. The van der Waals surface area contributed by atoms with Crippen molar-refractivity contribution in [1.82, 2.24) is 0 Å². The van der Waals surface area contributed by atoms with Gasteiger partial charge in [-0.2, -0.15) is 5.10 Å². The fourth-order valence-corrected chi connectivity index (χ4v) is 4.64. The van der Waals surface area contributed by atoms with Gasteiger partial charge in [-0.15, -0.1) is 11.3 Å². The molecule has 0 aliphatic rings. The second kappa shape index (κ2) is 11.8. The molecule has 0 aliphatic heterocycles. The zero-order valence-electron chi connectivity index (χ0n) is 19.9. The van der Waals surface area contributed by atoms with Gasteiger partial charge in [0.15, 0.2) is 0 Å². The summed E-state index contributed by atoms with van der Waals surface area (Å²) in [5.74, 6) is 0. The van der Waals surface area contributed by atoms with E-state index in [1.54, 1.807) is 11.3 Å². The number of benzene rings is 4. The van der Waals surface area contributed by atoms with Crippen LogP contribution in [0.4, 0.5) is 22.7 Å². The van der Waals surface area contributed by atoms with E-state index in [0.717, 1.165) is 34.9 Å². The van der Waals surface area contributed by atoms with Gasteiger partial charge in [-0.1, -0.05) is 78.9 Å². The maximum atomic E-state index is 4.73. The summed E-state index contributed by atoms with van der Waals surface area (Å²) in [6, 6.07) is 44.0. The molecule has 0 bridgehead atoms. The molecule has 0 atom stereocenters. The van der Waals surface area contributed by atoms with Crippen LogP contribution >= 0.6 is 11.3 Å². The zero-order valence-corrected chi connectivity index (χ0v) is 20.7. The average Bonchev–Trinajstić information content (AvgIpc) is 3.46. The van der Waals surface area contributed by atoms with Crippen molar-refractivity contribution in [2.24, 2.45) is 5.10 Å². The van der Waals surface area contributed by atoms with Crippen LogP contribution in [0.1, 0.15) is 10.4 Å². The van der Waals surface area contributed by atoms with Crippen LogP contribution in [0.25, 0.3) is 6.08 Å². The third kappa shape index (κ3) is 5.98. The van der Waals surface area contributed by atoms with Crippen LogP contribution in [-0.2, 0) is 6.54 Å². The van der Waals surface area contributed by atoms with Crippen LogP contribution < -0.4 is 9.91 Å². The molecule has 0 saturated carbocycles. The molecule has 3 nitrogen and oxygen atoms in total. The van der Waals surface area contributed by atoms with E-state index < -0.39 is 0 Å². The maximum Gasteiger partial charge on any atom is 0.0759 e. The van der Waals surface area contributed by atoms with Gasteiger partial charge in [-0.25, -0.2) is 0 Å². The molecule has 0 fully saturated rings. The number of anilines is 4. The van der Waals surface area contributed by atoms with Crippen molar-refractivity contribution < 1.29 is 0 Å². The van der Waals surface area contributed by atoms with E-state index in [0.29, 0.717) is 0 Å². The van der Waals surface area contributed by atoms with Gasteiger partial charge in [0.1, 0.15) is 0 Å². The minimum Gasteiger partial charge on any atom is -0.311 e. The van der Waals surface area contributed by atoms with E-state index in [4.69, 9.17) is 5.10 Å². The van der Waals surface area contributed by atoms with Gasteiger partial charge in [-0.05, 0) is 71.6 Å². The fraction of sp³-hybridized carbons (Fsp3) is 0.0312. The van der Waals surface area contributed by atoms with Crippen molar-refractivity contribution >= 4 is 46.4 Å². The number of nitrogens with zero attached hydrogens (tertiary/aromatic N) is 3. The minimum atomic E-state index is 0.746. The Hall–Kier alpha value is -4.41. The van der Waals surface area contributed by atoms with E-state index in [9.17, 15) is 0 Å². The minimum absolute atomic E-state index is 0.746. The molecule has 0 N–H and O–H groups in total. The molecule has 0 saturated heterocycles. The Balaban J connectivity index is 1.32. The summed E-state index contributed by atoms with van der Waals surface area (Å²) < 4.78 is 0. The Morgan fingerprint density at radius 2 is 1.14 bits per heavy atom. The molecule has 0 spiro atoms. The Bertz CT molecular complexity index is 1340. The summed E-state index contributed by atoms with van der Waals surface area (Å²) in [5, 5.41) is 8.85. The summed E-state index contributed by atoms with van der Waals surface area (Å²) in [5.41, 5.74) is 5.57. The quantitative estimate of drug-likeness (QED) is 0.153. The molecule has 1 aromatic heterocycles. The molecule has 176 valence electrons. The first-order chi connectivity index (χ1) is 17.9. The van der Waals surface area contributed by atoms with E-state index in [1.807, 2.05) is 47.6 Å². The van der Waals surface area contributed by atoms with Gasteiger partial charge in [0, 0.05) is 28.2 Å². The molecular weight excluding hydrogens is 458 g/mol. The van der Waals surface area contributed by atoms with E-state index in [-0.39, 0.29) is 0 Å². The van der Waals surface area contributed by atoms with Crippen molar-refractivity contribution in [1.29, 1.82) is 0 Å². The lowest BCUT2D eigenvalue weighted by molar-refractivity contribution is 0.872. The Kier molecular flexibility index (Phi) is 7.67. The summed E-state index contributed by atoms with van der Waals surface area (Å²) >= 11 is 1.74. The van der Waals surface area contributed by atoms with Crippen LogP contribution in [-0.4, -0.2) is 6.21 Å². The molecular formula is C32H27N3S. The van der Waals surface area contributed by atoms with E-state index in [2.05, 4.69) is 113 Å². The summed E-state index contributed by atoms with van der Waals surface area (Å²) in [6.07, 6.45) is 5.93. The third-order valence-corrected chi connectivity index (χ3v) is 6.56. The molecule has 0 radical (unpaired) electrons. The highest BCUT2D eigenvalue weighted by atomic mass is 32.1. The largest absolute Gasteiger partial charge is 0.311 e. The monoisotopic (exact) mass is 485 g/mol. The van der Waals surface area contributed by atoms with Crippen molar-refractivity contribution in [2.75, 3.05) is 9.91 Å². The molecule has 5 aromatic rings. The second-order valence-electron chi connectivity index (χ2n) is 8.19. The lowest BCUT2D eigenvalue weighted by Gasteiger charge is -2.25. The molecule has 0 unspecified atom stereocenters. The first kappa shape index (κ1) is 23.3. The van der Waals surface area contributed by atoms with Gasteiger partial charge in [0.05, 0.1) is 12.2 Å². The number of thiophene rings is 1. The lowest BCUT2D eigenvalue weighted by Crippen LogP contribution is -2.14. The SMILES string of the molecule is C(=Cc1ccc(N(c2ccccc2)c2ccccc2)cc1)C=NN(Cc1cccs1)c1ccccc1.